The van der Waals surface area contributed by atoms with Crippen molar-refractivity contribution < 1.29 is 4.79 Å². The number of H-pyrrole nitrogens is 1. The summed E-state index contributed by atoms with van der Waals surface area (Å²) in [5, 5.41) is 4.00. The highest BCUT2D eigenvalue weighted by atomic mass is 35.5. The van der Waals surface area contributed by atoms with Gasteiger partial charge in [-0.25, -0.2) is 4.98 Å². The second-order valence-corrected chi connectivity index (χ2v) is 6.19. The lowest BCUT2D eigenvalue weighted by Gasteiger charge is -2.11. The number of hydrogen-bond acceptors (Lipinski definition) is 4. The molecule has 0 aliphatic heterocycles. The van der Waals surface area contributed by atoms with Crippen molar-refractivity contribution in [3.05, 3.63) is 52.1 Å². The lowest BCUT2D eigenvalue weighted by atomic mass is 10.1. The monoisotopic (exact) mass is 386 g/mol. The van der Waals surface area contributed by atoms with Gasteiger partial charge in [0.2, 0.25) is 5.91 Å². The maximum atomic E-state index is 12.1. The van der Waals surface area contributed by atoms with Gasteiger partial charge in [-0.3, -0.25) is 4.79 Å². The molecule has 130 valence electrons. The molecule has 0 aliphatic carbocycles. The van der Waals surface area contributed by atoms with E-state index in [9.17, 15) is 4.79 Å². The number of hydrogen-bond donors (Lipinski definition) is 3. The molecule has 2 aromatic heterocycles. The number of aromatic amines is 1. The molecule has 0 fully saturated rings. The number of amides is 1. The van der Waals surface area contributed by atoms with E-state index in [1.54, 1.807) is 5.51 Å². The van der Waals surface area contributed by atoms with Crippen molar-refractivity contribution in [2.24, 2.45) is 5.73 Å². The van der Waals surface area contributed by atoms with Crippen LogP contribution in [0.1, 0.15) is 16.1 Å². The van der Waals surface area contributed by atoms with E-state index in [2.05, 4.69) is 15.3 Å². The standard InChI is InChI=1S/C16H18N4OS.2ClH/c1-10-15(22-9-20-10)8-19-16(21)13(17)6-11-7-18-14-5-3-2-4-12(11)14;;/h2-5,7,9,13,18H,6,8,17H2,1H3,(H,19,21);2*1H/t13-;;/m0../s1. The molecule has 0 saturated carbocycles. The summed E-state index contributed by atoms with van der Waals surface area (Å²) in [6.07, 6.45) is 2.43. The van der Waals surface area contributed by atoms with E-state index in [0.29, 0.717) is 13.0 Å². The van der Waals surface area contributed by atoms with Crippen LogP contribution in [0.5, 0.6) is 0 Å². The molecule has 5 nitrogen and oxygen atoms in total. The van der Waals surface area contributed by atoms with Crippen molar-refractivity contribution in [3.8, 4) is 0 Å². The number of nitrogens with one attached hydrogen (secondary N) is 2. The lowest BCUT2D eigenvalue weighted by Crippen LogP contribution is -2.41. The Labute approximate surface area is 156 Å². The summed E-state index contributed by atoms with van der Waals surface area (Å²) in [4.78, 5) is 20.6. The highest BCUT2D eigenvalue weighted by Gasteiger charge is 2.16. The van der Waals surface area contributed by atoms with Crippen molar-refractivity contribution in [2.75, 3.05) is 0 Å². The molecule has 0 unspecified atom stereocenters. The van der Waals surface area contributed by atoms with Crippen LogP contribution in [0.25, 0.3) is 10.9 Å². The first kappa shape index (κ1) is 20.4. The van der Waals surface area contributed by atoms with Gasteiger partial charge < -0.3 is 16.0 Å². The number of aryl methyl sites for hydroxylation is 1. The number of nitrogens with zero attached hydrogens (tertiary/aromatic N) is 1. The molecule has 2 heterocycles. The molecule has 3 aromatic rings. The Balaban J connectivity index is 0.00000144. The zero-order chi connectivity index (χ0) is 15.5. The normalized spacial score (nSPS) is 11.4. The van der Waals surface area contributed by atoms with E-state index in [1.807, 2.05) is 37.4 Å². The van der Waals surface area contributed by atoms with Crippen molar-refractivity contribution in [3.63, 3.8) is 0 Å². The van der Waals surface area contributed by atoms with E-state index in [-0.39, 0.29) is 30.7 Å². The second kappa shape index (κ2) is 9.03. The molecular formula is C16H20Cl2N4OS. The minimum Gasteiger partial charge on any atom is -0.361 e. The summed E-state index contributed by atoms with van der Waals surface area (Å²) in [6, 6.07) is 7.45. The van der Waals surface area contributed by atoms with Gasteiger partial charge in [-0.2, -0.15) is 0 Å². The number of rotatable bonds is 5. The predicted molar refractivity (Wildman–Crippen MR) is 103 cm³/mol. The van der Waals surface area contributed by atoms with Gasteiger partial charge in [0.25, 0.3) is 0 Å². The number of carbonyl (C=O) groups is 1. The van der Waals surface area contributed by atoms with Crippen LogP contribution in [0.3, 0.4) is 0 Å². The average molecular weight is 387 g/mol. The summed E-state index contributed by atoms with van der Waals surface area (Å²) in [7, 11) is 0. The van der Waals surface area contributed by atoms with Gasteiger partial charge in [0.05, 0.1) is 23.8 Å². The maximum absolute atomic E-state index is 12.1. The van der Waals surface area contributed by atoms with E-state index < -0.39 is 6.04 Å². The second-order valence-electron chi connectivity index (χ2n) is 5.25. The largest absolute Gasteiger partial charge is 0.361 e. The SMILES string of the molecule is Cc1ncsc1CNC(=O)[C@@H](N)Cc1c[nH]c2ccccc12.Cl.Cl. The third kappa shape index (κ3) is 4.48. The smallest absolute Gasteiger partial charge is 0.237 e. The Morgan fingerprint density at radius 1 is 1.38 bits per heavy atom. The molecule has 4 N–H and O–H groups in total. The fraction of sp³-hybridized carbons (Fsp3) is 0.250. The van der Waals surface area contributed by atoms with Crippen LogP contribution in [0, 0.1) is 6.92 Å². The van der Waals surface area contributed by atoms with Crippen LogP contribution in [-0.2, 0) is 17.8 Å². The molecule has 3 rings (SSSR count). The third-order valence-electron chi connectivity index (χ3n) is 3.72. The molecule has 8 heteroatoms. The number of para-hydroxylation sites is 1. The summed E-state index contributed by atoms with van der Waals surface area (Å²) in [5.74, 6) is -0.141. The number of thiazole rings is 1. The Morgan fingerprint density at radius 3 is 2.83 bits per heavy atom. The van der Waals surface area contributed by atoms with E-state index in [1.165, 1.54) is 11.3 Å². The average Bonchev–Trinajstić information content (AvgIpc) is 3.12. The minimum absolute atomic E-state index is 0. The molecule has 0 spiro atoms. The quantitative estimate of drug-likeness (QED) is 0.629. The number of nitrogens with two attached hydrogens (primary N) is 1. The van der Waals surface area contributed by atoms with Gasteiger partial charge in [0, 0.05) is 22.0 Å². The zero-order valence-electron chi connectivity index (χ0n) is 13.1. The first-order valence-electron chi connectivity index (χ1n) is 7.12. The molecule has 1 amide bonds. The topological polar surface area (TPSA) is 83.8 Å². The predicted octanol–water partition coefficient (Wildman–Crippen LogP) is 2.96. The molecule has 24 heavy (non-hydrogen) atoms. The molecule has 0 aliphatic rings. The van der Waals surface area contributed by atoms with Crippen molar-refractivity contribution >= 4 is 53.0 Å². The van der Waals surface area contributed by atoms with Crippen LogP contribution in [0.15, 0.2) is 36.0 Å². The van der Waals surface area contributed by atoms with E-state index >= 15 is 0 Å². The highest BCUT2D eigenvalue weighted by Crippen LogP contribution is 2.19. The number of halogens is 2. The van der Waals surface area contributed by atoms with Crippen molar-refractivity contribution in [2.45, 2.75) is 25.9 Å². The van der Waals surface area contributed by atoms with E-state index in [0.717, 1.165) is 27.0 Å². The highest BCUT2D eigenvalue weighted by molar-refractivity contribution is 7.09. The molecule has 0 saturated heterocycles. The Hall–Kier alpha value is -1.60. The van der Waals surface area contributed by atoms with Gasteiger partial charge in [-0.1, -0.05) is 18.2 Å². The van der Waals surface area contributed by atoms with Crippen molar-refractivity contribution in [1.29, 1.82) is 0 Å². The molecule has 0 bridgehead atoms. The van der Waals surface area contributed by atoms with Gasteiger partial charge >= 0.3 is 0 Å². The van der Waals surface area contributed by atoms with Crippen LogP contribution in [0.2, 0.25) is 0 Å². The molecule has 1 aromatic carbocycles. The van der Waals surface area contributed by atoms with Crippen LogP contribution < -0.4 is 11.1 Å². The number of benzene rings is 1. The summed E-state index contributed by atoms with van der Waals surface area (Å²) in [5.41, 5.74) is 10.9. The third-order valence-corrected chi connectivity index (χ3v) is 4.65. The summed E-state index contributed by atoms with van der Waals surface area (Å²) in [6.45, 7) is 2.42. The fourth-order valence-electron chi connectivity index (χ4n) is 2.42. The number of carbonyl (C=O) groups excluding carboxylic acids is 1. The Morgan fingerprint density at radius 2 is 2.12 bits per heavy atom. The van der Waals surface area contributed by atoms with E-state index in [4.69, 9.17) is 5.73 Å². The summed E-state index contributed by atoms with van der Waals surface area (Å²) < 4.78 is 0. The zero-order valence-corrected chi connectivity index (χ0v) is 15.6. The summed E-state index contributed by atoms with van der Waals surface area (Å²) >= 11 is 1.54. The minimum atomic E-state index is -0.563. The fourth-order valence-corrected chi connectivity index (χ4v) is 3.14. The molecular weight excluding hydrogens is 367 g/mol. The van der Waals surface area contributed by atoms with Crippen LogP contribution >= 0.6 is 36.2 Å². The molecule has 0 radical (unpaired) electrons. The molecule has 1 atom stereocenters. The Kier molecular flexibility index (Phi) is 7.69. The number of aromatic nitrogens is 2. The van der Waals surface area contributed by atoms with Crippen LogP contribution in [-0.4, -0.2) is 21.9 Å². The number of fused-ring (bicyclic) bond motifs is 1. The lowest BCUT2D eigenvalue weighted by molar-refractivity contribution is -0.122. The van der Waals surface area contributed by atoms with Crippen LogP contribution in [0.4, 0.5) is 0 Å². The van der Waals surface area contributed by atoms with Gasteiger partial charge in [-0.05, 0) is 25.0 Å². The Bertz CT molecular complexity index is 802. The van der Waals surface area contributed by atoms with Gasteiger partial charge in [0.1, 0.15) is 0 Å². The first-order chi connectivity index (χ1) is 10.6. The maximum Gasteiger partial charge on any atom is 0.237 e. The van der Waals surface area contributed by atoms with Gasteiger partial charge in [0.15, 0.2) is 0 Å². The first-order valence-corrected chi connectivity index (χ1v) is 8.00. The van der Waals surface area contributed by atoms with Crippen molar-refractivity contribution in [1.82, 2.24) is 15.3 Å². The van der Waals surface area contributed by atoms with Gasteiger partial charge in [-0.15, -0.1) is 36.2 Å².